The maximum Gasteiger partial charge on any atom is 0.254 e. The van der Waals surface area contributed by atoms with Crippen LogP contribution >= 0.6 is 11.8 Å². The minimum atomic E-state index is -0.0920. The van der Waals surface area contributed by atoms with E-state index in [-0.39, 0.29) is 29.5 Å². The Hall–Kier alpha value is -1.86. The molecule has 0 radical (unpaired) electrons. The van der Waals surface area contributed by atoms with Crippen molar-refractivity contribution in [3.63, 3.8) is 0 Å². The van der Waals surface area contributed by atoms with Gasteiger partial charge in [0.15, 0.2) is 0 Å². The standard InChI is InChI=1S/C21H28N4O2S/c1-12-4-5-15(24-20(26)18-10-28-11-23-18)8-16(12)17-7-14-9-22-13(2)6-19(14)25(3)21(17)27/h6-7,9,12,15-16,18,23H,4-5,8,10-11H2,1-3H3,(H,24,26). The molecule has 0 bridgehead atoms. The third kappa shape index (κ3) is 3.70. The van der Waals surface area contributed by atoms with E-state index in [1.807, 2.05) is 32.3 Å². The van der Waals surface area contributed by atoms with E-state index >= 15 is 0 Å². The van der Waals surface area contributed by atoms with Gasteiger partial charge in [0.05, 0.1) is 11.6 Å². The summed E-state index contributed by atoms with van der Waals surface area (Å²) in [5, 5.41) is 7.45. The summed E-state index contributed by atoms with van der Waals surface area (Å²) in [6, 6.07) is 4.01. The first-order valence-electron chi connectivity index (χ1n) is 10.0. The highest BCUT2D eigenvalue weighted by Crippen LogP contribution is 2.37. The number of aryl methyl sites for hydroxylation is 2. The van der Waals surface area contributed by atoms with Crippen molar-refractivity contribution in [2.24, 2.45) is 13.0 Å². The van der Waals surface area contributed by atoms with Gasteiger partial charge in [-0.25, -0.2) is 0 Å². The van der Waals surface area contributed by atoms with E-state index in [0.29, 0.717) is 5.92 Å². The quantitative estimate of drug-likeness (QED) is 0.827. The third-order valence-electron chi connectivity index (χ3n) is 6.25. The number of rotatable bonds is 3. The molecule has 2 aromatic heterocycles. The fourth-order valence-corrected chi connectivity index (χ4v) is 5.45. The lowest BCUT2D eigenvalue weighted by atomic mass is 9.74. The molecule has 7 heteroatoms. The number of hydrogen-bond acceptors (Lipinski definition) is 5. The molecule has 2 N–H and O–H groups in total. The van der Waals surface area contributed by atoms with Crippen LogP contribution < -0.4 is 16.2 Å². The van der Waals surface area contributed by atoms with Gasteiger partial charge in [0.2, 0.25) is 5.91 Å². The van der Waals surface area contributed by atoms with Crippen molar-refractivity contribution in [2.75, 3.05) is 11.6 Å². The predicted molar refractivity (Wildman–Crippen MR) is 114 cm³/mol. The Balaban J connectivity index is 1.60. The van der Waals surface area contributed by atoms with Crippen molar-refractivity contribution in [1.82, 2.24) is 20.2 Å². The van der Waals surface area contributed by atoms with Crippen molar-refractivity contribution in [1.29, 1.82) is 0 Å². The van der Waals surface area contributed by atoms with Crippen molar-refractivity contribution in [3.8, 4) is 0 Å². The Bertz CT molecular complexity index is 951. The second kappa shape index (κ2) is 7.87. The first-order valence-corrected chi connectivity index (χ1v) is 11.2. The number of nitrogens with zero attached hydrogens (tertiary/aromatic N) is 2. The van der Waals surface area contributed by atoms with Crippen LogP contribution in [0.15, 0.2) is 23.1 Å². The van der Waals surface area contributed by atoms with E-state index in [9.17, 15) is 9.59 Å². The van der Waals surface area contributed by atoms with E-state index in [2.05, 4.69) is 22.5 Å². The maximum atomic E-state index is 13.1. The number of carbonyl (C=O) groups excluding carboxylic acids is 1. The van der Waals surface area contributed by atoms with Crippen LogP contribution in [0.5, 0.6) is 0 Å². The SMILES string of the molecule is Cc1cc2c(cn1)cc(C1CC(NC(=O)C3CSCN3)CCC1C)c(=O)n2C. The van der Waals surface area contributed by atoms with Crippen molar-refractivity contribution in [2.45, 2.75) is 51.1 Å². The minimum Gasteiger partial charge on any atom is -0.352 e. The number of amides is 1. The fourth-order valence-electron chi connectivity index (χ4n) is 4.51. The molecule has 3 heterocycles. The molecule has 2 aliphatic rings. The van der Waals surface area contributed by atoms with Gasteiger partial charge < -0.3 is 9.88 Å². The Morgan fingerprint density at radius 1 is 1.36 bits per heavy atom. The molecule has 28 heavy (non-hydrogen) atoms. The van der Waals surface area contributed by atoms with Gasteiger partial charge in [0, 0.05) is 47.6 Å². The summed E-state index contributed by atoms with van der Waals surface area (Å²) in [5.74, 6) is 2.32. The third-order valence-corrected chi connectivity index (χ3v) is 7.19. The van der Waals surface area contributed by atoms with Gasteiger partial charge in [0.25, 0.3) is 5.56 Å². The van der Waals surface area contributed by atoms with Gasteiger partial charge in [0.1, 0.15) is 0 Å². The van der Waals surface area contributed by atoms with Crippen LogP contribution in [0.25, 0.3) is 10.9 Å². The minimum absolute atomic E-state index is 0.0655. The van der Waals surface area contributed by atoms with Crippen molar-refractivity contribution >= 4 is 28.6 Å². The Morgan fingerprint density at radius 2 is 2.18 bits per heavy atom. The lowest BCUT2D eigenvalue weighted by Crippen LogP contribution is -2.48. The van der Waals surface area contributed by atoms with Gasteiger partial charge in [-0.15, -0.1) is 11.8 Å². The lowest BCUT2D eigenvalue weighted by molar-refractivity contribution is -0.123. The molecule has 0 spiro atoms. The molecule has 1 aliphatic heterocycles. The monoisotopic (exact) mass is 400 g/mol. The van der Waals surface area contributed by atoms with E-state index in [1.54, 1.807) is 16.3 Å². The highest BCUT2D eigenvalue weighted by molar-refractivity contribution is 7.99. The van der Waals surface area contributed by atoms with Crippen molar-refractivity contribution < 1.29 is 4.79 Å². The topological polar surface area (TPSA) is 76.0 Å². The Kier molecular flexibility index (Phi) is 5.47. The van der Waals surface area contributed by atoms with Crippen LogP contribution in [-0.2, 0) is 11.8 Å². The summed E-state index contributed by atoms with van der Waals surface area (Å²) in [7, 11) is 1.84. The summed E-state index contributed by atoms with van der Waals surface area (Å²) in [6.45, 7) is 4.15. The zero-order chi connectivity index (χ0) is 19.8. The van der Waals surface area contributed by atoms with Crippen LogP contribution in [0.2, 0.25) is 0 Å². The van der Waals surface area contributed by atoms with E-state index < -0.39 is 0 Å². The molecular formula is C21H28N4O2S. The predicted octanol–water partition coefficient (Wildman–Crippen LogP) is 2.29. The Morgan fingerprint density at radius 3 is 2.93 bits per heavy atom. The van der Waals surface area contributed by atoms with E-state index in [4.69, 9.17) is 0 Å². The van der Waals surface area contributed by atoms with Gasteiger partial charge >= 0.3 is 0 Å². The molecule has 1 amide bonds. The molecule has 1 saturated heterocycles. The van der Waals surface area contributed by atoms with E-state index in [0.717, 1.165) is 53.1 Å². The molecule has 1 aliphatic carbocycles. The molecule has 1 saturated carbocycles. The molecule has 2 aromatic rings. The molecular weight excluding hydrogens is 372 g/mol. The second-order valence-corrected chi connectivity index (χ2v) is 9.25. The van der Waals surface area contributed by atoms with Crippen LogP contribution in [-0.4, -0.2) is 39.2 Å². The van der Waals surface area contributed by atoms with Crippen LogP contribution in [0.3, 0.4) is 0 Å². The van der Waals surface area contributed by atoms with Gasteiger partial charge in [-0.3, -0.25) is 19.9 Å². The number of carbonyl (C=O) groups is 1. The van der Waals surface area contributed by atoms with Gasteiger partial charge in [-0.2, -0.15) is 0 Å². The smallest absolute Gasteiger partial charge is 0.254 e. The van der Waals surface area contributed by atoms with Crippen LogP contribution in [0, 0.1) is 12.8 Å². The number of pyridine rings is 2. The molecule has 4 rings (SSSR count). The molecule has 4 atom stereocenters. The van der Waals surface area contributed by atoms with E-state index in [1.165, 1.54) is 0 Å². The highest BCUT2D eigenvalue weighted by atomic mass is 32.2. The first kappa shape index (κ1) is 19.5. The van der Waals surface area contributed by atoms with Gasteiger partial charge in [-0.05, 0) is 50.2 Å². The summed E-state index contributed by atoms with van der Waals surface area (Å²) in [4.78, 5) is 30.0. The second-order valence-electron chi connectivity index (χ2n) is 8.22. The largest absolute Gasteiger partial charge is 0.352 e. The lowest BCUT2D eigenvalue weighted by Gasteiger charge is -2.35. The highest BCUT2D eigenvalue weighted by Gasteiger charge is 2.33. The fraction of sp³-hybridized carbons (Fsp3) is 0.571. The number of nitrogens with one attached hydrogen (secondary N) is 2. The first-order chi connectivity index (χ1) is 13.4. The van der Waals surface area contributed by atoms with Gasteiger partial charge in [-0.1, -0.05) is 6.92 Å². The average molecular weight is 401 g/mol. The zero-order valence-corrected chi connectivity index (χ0v) is 17.5. The number of aromatic nitrogens is 2. The number of hydrogen-bond donors (Lipinski definition) is 2. The maximum absolute atomic E-state index is 13.1. The normalized spacial score (nSPS) is 27.8. The molecule has 150 valence electrons. The molecule has 0 aromatic carbocycles. The van der Waals surface area contributed by atoms with Crippen LogP contribution in [0.1, 0.15) is 43.4 Å². The summed E-state index contributed by atoms with van der Waals surface area (Å²) >= 11 is 1.75. The number of thioether (sulfide) groups is 1. The van der Waals surface area contributed by atoms with Crippen LogP contribution in [0.4, 0.5) is 0 Å². The zero-order valence-electron chi connectivity index (χ0n) is 16.7. The molecule has 2 fully saturated rings. The number of fused-ring (bicyclic) bond motifs is 1. The summed E-state index contributed by atoms with van der Waals surface area (Å²) < 4.78 is 1.74. The average Bonchev–Trinajstić information content (AvgIpc) is 3.22. The summed E-state index contributed by atoms with van der Waals surface area (Å²) in [5.41, 5.74) is 2.74. The summed E-state index contributed by atoms with van der Waals surface area (Å²) in [6.07, 6.45) is 4.64. The Labute approximate surface area is 169 Å². The molecule has 4 unspecified atom stereocenters. The molecule has 6 nitrogen and oxygen atoms in total. The van der Waals surface area contributed by atoms with Crippen molar-refractivity contribution in [3.05, 3.63) is 39.9 Å².